The summed E-state index contributed by atoms with van der Waals surface area (Å²) in [5.74, 6) is -9.36. The lowest BCUT2D eigenvalue weighted by Crippen LogP contribution is -2.61. The van der Waals surface area contributed by atoms with Crippen LogP contribution in [-0.4, -0.2) is 156 Å². The summed E-state index contributed by atoms with van der Waals surface area (Å²) in [6, 6.07) is -1.20. The van der Waals surface area contributed by atoms with Crippen LogP contribution < -0.4 is 0 Å². The minimum absolute atomic E-state index is 0.00697. The van der Waals surface area contributed by atoms with Gasteiger partial charge in [-0.15, -0.1) is 0 Å². The number of carbonyl (C=O) groups is 6. The zero-order valence-corrected chi connectivity index (χ0v) is 45.3. The van der Waals surface area contributed by atoms with Crippen molar-refractivity contribution in [3.63, 3.8) is 0 Å². The third-order valence-corrected chi connectivity index (χ3v) is 15.9. The Morgan fingerprint density at radius 2 is 1.56 bits per heavy atom. The van der Waals surface area contributed by atoms with E-state index in [-0.39, 0.29) is 42.8 Å². The number of carbonyl (C=O) groups excluding carboxylic acids is 6. The number of rotatable bonds is 10. The maximum atomic E-state index is 14.5. The first-order valence-electron chi connectivity index (χ1n) is 26.4. The van der Waals surface area contributed by atoms with Crippen molar-refractivity contribution in [1.29, 1.82) is 0 Å². The largest absolute Gasteiger partial charge is 0.460 e. The van der Waals surface area contributed by atoms with E-state index in [2.05, 4.69) is 0 Å². The molecule has 2 saturated heterocycles. The Morgan fingerprint density at radius 1 is 0.863 bits per heavy atom. The van der Waals surface area contributed by atoms with Crippen LogP contribution in [0.15, 0.2) is 47.6 Å². The van der Waals surface area contributed by atoms with E-state index >= 15 is 0 Å². The highest BCUT2D eigenvalue weighted by Crippen LogP contribution is 2.38. The van der Waals surface area contributed by atoms with Gasteiger partial charge in [0.25, 0.3) is 11.7 Å². The molecule has 1 amide bonds. The maximum absolute atomic E-state index is 14.5. The van der Waals surface area contributed by atoms with Crippen molar-refractivity contribution in [2.45, 2.75) is 187 Å². The van der Waals surface area contributed by atoms with E-state index in [9.17, 15) is 49.2 Å². The Labute approximate surface area is 433 Å². The summed E-state index contributed by atoms with van der Waals surface area (Å²) in [5.41, 5.74) is -0.277. The smallest absolute Gasteiger partial charge is 0.329 e. The molecule has 1 aliphatic carbocycles. The fraction of sp³-hybridized carbons (Fsp3) is 0.750. The molecule has 0 aromatic rings. The SMILES string of the molecule is CO[C@H]1C[C@@H]2CCC(C)[C@@](O)(O2)C(=O)C(=O)N2CCCCC2C(=O)O[C@H]([C@H](C)C[C@@H]2CC[C@@H](OC(=O)C(C)(CO)CO)[C@H](OC)C2)CC(=O)C(C)/C=C(\C)[C@@H](O)[C@@H](OC)C(=O)[C@H](C)C[C@H](C)/C=C/C=C/C=C/1C. The van der Waals surface area contributed by atoms with Gasteiger partial charge in [0.1, 0.15) is 41.7 Å². The van der Waals surface area contributed by atoms with Gasteiger partial charge in [-0.2, -0.15) is 0 Å². The molecular weight excluding hydrogens is 943 g/mol. The molecule has 73 heavy (non-hydrogen) atoms. The second kappa shape index (κ2) is 28.3. The average molecular weight is 1030 g/mol. The summed E-state index contributed by atoms with van der Waals surface area (Å²) >= 11 is 0. The molecule has 0 radical (unpaired) electrons. The minimum atomic E-state index is -2.47. The zero-order chi connectivity index (χ0) is 54.4. The lowest BCUT2D eigenvalue weighted by Gasteiger charge is -2.42. The molecule has 17 heteroatoms. The lowest BCUT2D eigenvalue weighted by molar-refractivity contribution is -0.265. The fourth-order valence-electron chi connectivity index (χ4n) is 10.7. The second-order valence-corrected chi connectivity index (χ2v) is 21.8. The van der Waals surface area contributed by atoms with Gasteiger partial charge >= 0.3 is 11.9 Å². The molecule has 0 spiro atoms. The number of allylic oxidation sites excluding steroid dienone is 6. The van der Waals surface area contributed by atoms with Crippen LogP contribution in [0.2, 0.25) is 0 Å². The van der Waals surface area contributed by atoms with Gasteiger partial charge in [0.2, 0.25) is 5.79 Å². The Kier molecular flexibility index (Phi) is 23.9. The average Bonchev–Trinajstić information content (AvgIpc) is 3.37. The summed E-state index contributed by atoms with van der Waals surface area (Å²) in [6.45, 7) is 12.7. The number of esters is 2. The summed E-state index contributed by atoms with van der Waals surface area (Å²) in [5, 5.41) is 43.1. The lowest BCUT2D eigenvalue weighted by atomic mass is 9.78. The summed E-state index contributed by atoms with van der Waals surface area (Å²) in [6.07, 6.45) is 9.76. The topological polar surface area (TPSA) is 242 Å². The van der Waals surface area contributed by atoms with Crippen molar-refractivity contribution in [3.8, 4) is 0 Å². The Balaban J connectivity index is 1.69. The molecule has 4 N–H and O–H groups in total. The number of amides is 1. The molecule has 15 atom stereocenters. The molecule has 3 heterocycles. The molecule has 17 nitrogen and oxygen atoms in total. The molecule has 0 aromatic carbocycles. The number of ketones is 3. The zero-order valence-electron chi connectivity index (χ0n) is 45.3. The van der Waals surface area contributed by atoms with Gasteiger partial charge in [0, 0.05) is 58.5 Å². The number of ether oxygens (including phenoxy) is 6. The molecular formula is C56H87NO16. The number of piperidine rings is 1. The number of Topliss-reactive ketones (excluding diaryl/α,β-unsaturated/α-hetero) is 3. The van der Waals surface area contributed by atoms with E-state index in [1.807, 2.05) is 51.2 Å². The minimum Gasteiger partial charge on any atom is -0.460 e. The van der Waals surface area contributed by atoms with E-state index < -0.39 is 120 Å². The number of hydrogen-bond donors (Lipinski definition) is 4. The Morgan fingerprint density at radius 3 is 2.21 bits per heavy atom. The molecule has 1 saturated carbocycles. The highest BCUT2D eigenvalue weighted by Gasteiger charge is 2.53. The maximum Gasteiger partial charge on any atom is 0.329 e. The van der Waals surface area contributed by atoms with Crippen LogP contribution in [0.25, 0.3) is 0 Å². The Hall–Kier alpha value is -3.94. The van der Waals surface area contributed by atoms with Gasteiger partial charge in [-0.3, -0.25) is 24.0 Å². The first kappa shape index (κ1) is 61.6. The molecule has 2 bridgehead atoms. The molecule has 3 aliphatic heterocycles. The summed E-state index contributed by atoms with van der Waals surface area (Å²) in [7, 11) is 4.43. The number of nitrogens with zero attached hydrogens (tertiary/aromatic N) is 1. The van der Waals surface area contributed by atoms with Crippen molar-refractivity contribution in [2.24, 2.45) is 40.9 Å². The van der Waals surface area contributed by atoms with Crippen LogP contribution >= 0.6 is 0 Å². The van der Waals surface area contributed by atoms with E-state index in [1.165, 1.54) is 21.1 Å². The van der Waals surface area contributed by atoms with Gasteiger partial charge in [-0.05, 0) is 114 Å². The van der Waals surface area contributed by atoms with Crippen molar-refractivity contribution in [2.75, 3.05) is 41.1 Å². The molecule has 4 aliphatic rings. The Bertz CT molecular complexity index is 2010. The third kappa shape index (κ3) is 16.0. The molecule has 412 valence electrons. The highest BCUT2D eigenvalue weighted by molar-refractivity contribution is 6.39. The number of fused-ring (bicyclic) bond motifs is 3. The summed E-state index contributed by atoms with van der Waals surface area (Å²) < 4.78 is 35.4. The third-order valence-electron chi connectivity index (χ3n) is 15.9. The van der Waals surface area contributed by atoms with Crippen LogP contribution in [0.3, 0.4) is 0 Å². The first-order chi connectivity index (χ1) is 34.5. The summed E-state index contributed by atoms with van der Waals surface area (Å²) in [4.78, 5) is 85.4. The quantitative estimate of drug-likeness (QED) is 0.116. The highest BCUT2D eigenvalue weighted by atomic mass is 16.6. The van der Waals surface area contributed by atoms with Crippen LogP contribution in [-0.2, 0) is 57.2 Å². The van der Waals surface area contributed by atoms with Crippen LogP contribution in [0.4, 0.5) is 0 Å². The van der Waals surface area contributed by atoms with Crippen molar-refractivity contribution in [3.05, 3.63) is 47.6 Å². The van der Waals surface area contributed by atoms with E-state index in [4.69, 9.17) is 28.4 Å². The van der Waals surface area contributed by atoms with E-state index in [0.717, 1.165) is 10.5 Å². The van der Waals surface area contributed by atoms with Crippen molar-refractivity contribution < 1.29 is 77.6 Å². The van der Waals surface area contributed by atoms with E-state index in [0.29, 0.717) is 69.8 Å². The number of cyclic esters (lactones) is 1. The van der Waals surface area contributed by atoms with Gasteiger partial charge < -0.3 is 53.7 Å². The van der Waals surface area contributed by atoms with Crippen LogP contribution in [0.1, 0.15) is 132 Å². The molecule has 4 rings (SSSR count). The van der Waals surface area contributed by atoms with Gasteiger partial charge in [0.15, 0.2) is 5.78 Å². The number of hydrogen-bond acceptors (Lipinski definition) is 16. The molecule has 0 aromatic heterocycles. The van der Waals surface area contributed by atoms with Gasteiger partial charge in [-0.1, -0.05) is 71.1 Å². The number of methoxy groups -OCH3 is 3. The standard InChI is InChI=1S/C56H87NO16/c1-33-17-13-12-14-18-34(2)45(68-9)29-41-22-20-39(7)56(67,73-41)51(63)52(64)57-24-16-15-19-42(57)53(65)71-46(30-43(60)35(3)26-38(6)49(62)50(70-11)48(61)37(5)25-33)36(4)27-40-21-23-44(47(28-40)69-10)72-54(66)55(8,31-58)32-59/h12-14,17-18,26,33,35-37,39-42,44-47,49-50,58-59,62,67H,15-16,19-25,27-32H2,1-11H3/b14-12+,17-13+,34-18+,38-26+/t33-,35?,36-,37-,39?,40+,41+,42?,44-,45+,46+,47-,49-,50+,56-/m1/s1. The first-order valence-corrected chi connectivity index (χ1v) is 26.4. The fourth-order valence-corrected chi connectivity index (χ4v) is 10.7. The van der Waals surface area contributed by atoms with Crippen molar-refractivity contribution in [1.82, 2.24) is 4.90 Å². The number of aliphatic hydroxyl groups excluding tert-OH is 3. The number of aliphatic hydroxyl groups is 4. The van der Waals surface area contributed by atoms with Gasteiger partial charge in [-0.25, -0.2) is 4.79 Å². The molecule has 3 unspecified atom stereocenters. The van der Waals surface area contributed by atoms with E-state index in [1.54, 1.807) is 40.9 Å². The normalized spacial score (nSPS) is 37.4. The van der Waals surface area contributed by atoms with Crippen LogP contribution in [0, 0.1) is 40.9 Å². The molecule has 3 fully saturated rings. The monoisotopic (exact) mass is 1030 g/mol. The van der Waals surface area contributed by atoms with Crippen molar-refractivity contribution >= 4 is 35.2 Å². The predicted molar refractivity (Wildman–Crippen MR) is 271 cm³/mol. The predicted octanol–water partition coefficient (Wildman–Crippen LogP) is 5.72. The second-order valence-electron chi connectivity index (χ2n) is 21.8. The van der Waals surface area contributed by atoms with Gasteiger partial charge in [0.05, 0.1) is 31.5 Å². The van der Waals surface area contributed by atoms with Crippen LogP contribution in [0.5, 0.6) is 0 Å².